The normalized spacial score (nSPS) is 49.5. The minimum atomic E-state index is -0.673. The van der Waals surface area contributed by atoms with Crippen molar-refractivity contribution >= 4 is 5.97 Å². The Labute approximate surface area is 128 Å². The van der Waals surface area contributed by atoms with E-state index in [0.29, 0.717) is 6.61 Å². The van der Waals surface area contributed by atoms with Crippen LogP contribution >= 0.6 is 0 Å². The number of likely N-dealkylation sites (N-methyl/N-ethyl adjacent to an activating group) is 1. The van der Waals surface area contributed by atoms with E-state index in [-0.39, 0.29) is 30.3 Å². The van der Waals surface area contributed by atoms with Crippen LogP contribution in [0.5, 0.6) is 0 Å². The third-order valence-corrected chi connectivity index (χ3v) is 4.81. The van der Waals surface area contributed by atoms with Gasteiger partial charge in [-0.1, -0.05) is 0 Å². The number of ether oxygens (including phenoxy) is 5. The first-order chi connectivity index (χ1) is 10.4. The molecule has 4 fully saturated rings. The minimum Gasteiger partial charge on any atom is -0.467 e. The molecule has 8 nitrogen and oxygen atoms in total. The zero-order chi connectivity index (χ0) is 15.6. The third-order valence-electron chi connectivity index (χ3n) is 4.81. The maximum absolute atomic E-state index is 11.9. The van der Waals surface area contributed by atoms with Crippen LogP contribution in [0.3, 0.4) is 0 Å². The molecule has 0 radical (unpaired) electrons. The lowest BCUT2D eigenvalue weighted by atomic mass is 9.86. The Morgan fingerprint density at radius 2 is 2.00 bits per heavy atom. The van der Waals surface area contributed by atoms with Gasteiger partial charge in [-0.3, -0.25) is 4.84 Å². The van der Waals surface area contributed by atoms with Gasteiger partial charge in [-0.15, -0.1) is 0 Å². The first-order valence-electron chi connectivity index (χ1n) is 7.51. The highest BCUT2D eigenvalue weighted by Gasteiger charge is 2.64. The predicted molar refractivity (Wildman–Crippen MR) is 70.4 cm³/mol. The monoisotopic (exact) mass is 315 g/mol. The molecule has 0 N–H and O–H groups in total. The molecule has 0 spiro atoms. The number of carbonyl (C=O) groups excluding carboxylic acids is 1. The molecule has 4 aliphatic heterocycles. The highest BCUT2D eigenvalue weighted by atomic mass is 16.8. The number of nitrogens with zero attached hydrogens (tertiary/aromatic N) is 1. The molecule has 4 heterocycles. The molecule has 0 unspecified atom stereocenters. The van der Waals surface area contributed by atoms with E-state index in [1.54, 1.807) is 12.1 Å². The zero-order valence-corrected chi connectivity index (χ0v) is 13.1. The van der Waals surface area contributed by atoms with Gasteiger partial charge in [0, 0.05) is 13.0 Å². The lowest BCUT2D eigenvalue weighted by molar-refractivity contribution is -0.243. The Bertz CT molecular complexity index is 484. The molecule has 8 heteroatoms. The maximum Gasteiger partial charge on any atom is 0.337 e. The van der Waals surface area contributed by atoms with Crippen molar-refractivity contribution in [3.63, 3.8) is 0 Å². The largest absolute Gasteiger partial charge is 0.467 e. The van der Waals surface area contributed by atoms with Gasteiger partial charge in [0.25, 0.3) is 0 Å². The van der Waals surface area contributed by atoms with Crippen LogP contribution in [0.4, 0.5) is 0 Å². The average Bonchev–Trinajstić information content (AvgIpc) is 3.05. The van der Waals surface area contributed by atoms with Gasteiger partial charge < -0.3 is 23.7 Å². The van der Waals surface area contributed by atoms with Gasteiger partial charge in [0.1, 0.15) is 18.3 Å². The fraction of sp³-hybridized carbons (Fsp3) is 0.929. The molecular weight excluding hydrogens is 294 g/mol. The summed E-state index contributed by atoms with van der Waals surface area (Å²) >= 11 is 0. The Hall–Kier alpha value is -0.770. The van der Waals surface area contributed by atoms with Crippen molar-refractivity contribution in [3.05, 3.63) is 0 Å². The lowest BCUT2D eigenvalue weighted by Gasteiger charge is -2.38. The Kier molecular flexibility index (Phi) is 3.27. The standard InChI is InChI=1S/C14H21NO7/c1-14(2)20-11-10-9(19-13(11)21-14)7-6(5-18-10)8(12(16)17-4)22-15(7)3/h6-11,13H,5H2,1-4H3/t6-,7+,8-,9-,10+,11-,13-/m1/s1. The van der Waals surface area contributed by atoms with Crippen molar-refractivity contribution in [1.29, 1.82) is 0 Å². The van der Waals surface area contributed by atoms with E-state index in [2.05, 4.69) is 0 Å². The summed E-state index contributed by atoms with van der Waals surface area (Å²) in [5.41, 5.74) is 0. The van der Waals surface area contributed by atoms with E-state index in [9.17, 15) is 4.79 Å². The Balaban J connectivity index is 1.56. The van der Waals surface area contributed by atoms with Crippen LogP contribution < -0.4 is 0 Å². The topological polar surface area (TPSA) is 75.7 Å². The summed E-state index contributed by atoms with van der Waals surface area (Å²) in [5.74, 6) is -1.20. The number of hydrogen-bond donors (Lipinski definition) is 0. The zero-order valence-electron chi connectivity index (χ0n) is 13.1. The molecule has 0 aromatic carbocycles. The predicted octanol–water partition coefficient (Wildman–Crippen LogP) is -0.335. The van der Waals surface area contributed by atoms with Crippen LogP contribution in [0.2, 0.25) is 0 Å². The third kappa shape index (κ3) is 2.02. The highest BCUT2D eigenvalue weighted by Crippen LogP contribution is 2.46. The van der Waals surface area contributed by atoms with Crippen LogP contribution in [0.1, 0.15) is 13.8 Å². The summed E-state index contributed by atoms with van der Waals surface area (Å²) in [4.78, 5) is 17.5. The van der Waals surface area contributed by atoms with Crippen molar-refractivity contribution in [2.45, 2.75) is 56.4 Å². The maximum atomic E-state index is 11.9. The minimum absolute atomic E-state index is 0.0937. The van der Waals surface area contributed by atoms with E-state index in [1.807, 2.05) is 13.8 Å². The summed E-state index contributed by atoms with van der Waals surface area (Å²) in [6.45, 7) is 4.10. The second-order valence-electron chi connectivity index (χ2n) is 6.62. The second-order valence-corrected chi connectivity index (χ2v) is 6.62. The number of rotatable bonds is 1. The summed E-state index contributed by atoms with van der Waals surface area (Å²) in [6, 6.07) is -0.0937. The molecule has 0 saturated carbocycles. The molecule has 0 bridgehead atoms. The van der Waals surface area contributed by atoms with Crippen molar-refractivity contribution < 1.29 is 33.3 Å². The summed E-state index contributed by atoms with van der Waals surface area (Å²) in [6.07, 6.45) is -1.86. The van der Waals surface area contributed by atoms with Crippen LogP contribution in [0.15, 0.2) is 0 Å². The summed E-state index contributed by atoms with van der Waals surface area (Å²) in [5, 5.41) is 1.68. The van der Waals surface area contributed by atoms with Crippen LogP contribution in [-0.4, -0.2) is 74.3 Å². The van der Waals surface area contributed by atoms with Crippen molar-refractivity contribution in [1.82, 2.24) is 5.06 Å². The fourth-order valence-corrected chi connectivity index (χ4v) is 3.94. The molecule has 4 aliphatic rings. The van der Waals surface area contributed by atoms with E-state index in [1.165, 1.54) is 7.11 Å². The van der Waals surface area contributed by atoms with Gasteiger partial charge >= 0.3 is 5.97 Å². The first-order valence-corrected chi connectivity index (χ1v) is 7.51. The molecule has 22 heavy (non-hydrogen) atoms. The van der Waals surface area contributed by atoms with Gasteiger partial charge in [-0.2, -0.15) is 5.06 Å². The smallest absolute Gasteiger partial charge is 0.337 e. The molecule has 0 amide bonds. The van der Waals surface area contributed by atoms with Crippen LogP contribution in [0, 0.1) is 5.92 Å². The number of carbonyl (C=O) groups is 1. The van der Waals surface area contributed by atoms with Gasteiger partial charge in [-0.05, 0) is 13.8 Å². The molecule has 7 atom stereocenters. The van der Waals surface area contributed by atoms with Crippen LogP contribution in [-0.2, 0) is 33.3 Å². The number of hydroxylamine groups is 2. The number of fused-ring (bicyclic) bond motifs is 5. The summed E-state index contributed by atoms with van der Waals surface area (Å²) < 4.78 is 28.5. The van der Waals surface area contributed by atoms with Gasteiger partial charge in [-0.25, -0.2) is 4.79 Å². The lowest BCUT2D eigenvalue weighted by Crippen LogP contribution is -2.55. The van der Waals surface area contributed by atoms with Crippen molar-refractivity contribution in [2.75, 3.05) is 20.8 Å². The summed E-state index contributed by atoms with van der Waals surface area (Å²) in [7, 11) is 3.15. The fourth-order valence-electron chi connectivity index (χ4n) is 3.94. The Morgan fingerprint density at radius 1 is 1.23 bits per heavy atom. The van der Waals surface area contributed by atoms with Crippen LogP contribution in [0.25, 0.3) is 0 Å². The first kappa shape index (κ1) is 14.8. The molecule has 0 aromatic rings. The molecule has 124 valence electrons. The molecule has 0 aliphatic carbocycles. The van der Waals surface area contributed by atoms with Crippen molar-refractivity contribution in [2.24, 2.45) is 5.92 Å². The molecular formula is C14H21NO7. The Morgan fingerprint density at radius 3 is 2.73 bits per heavy atom. The van der Waals surface area contributed by atoms with Gasteiger partial charge in [0.15, 0.2) is 18.2 Å². The average molecular weight is 315 g/mol. The quantitative estimate of drug-likeness (QED) is 0.609. The van der Waals surface area contributed by atoms with Gasteiger partial charge in [0.2, 0.25) is 0 Å². The van der Waals surface area contributed by atoms with E-state index < -0.39 is 24.2 Å². The second kappa shape index (κ2) is 4.86. The van der Waals surface area contributed by atoms with E-state index in [4.69, 9.17) is 28.5 Å². The van der Waals surface area contributed by atoms with Crippen molar-refractivity contribution in [3.8, 4) is 0 Å². The van der Waals surface area contributed by atoms with E-state index >= 15 is 0 Å². The number of hydrogen-bond acceptors (Lipinski definition) is 8. The van der Waals surface area contributed by atoms with E-state index in [0.717, 1.165) is 0 Å². The molecule has 0 aromatic heterocycles. The SMILES string of the molecule is COC(=O)[C@@H]1ON(C)[C@H]2[C@H]1CO[C@@H]1[C@H]3OC(C)(C)O[C@H]3O[C@@H]12. The van der Waals surface area contributed by atoms with Gasteiger partial charge in [0.05, 0.1) is 19.8 Å². The molecule has 4 rings (SSSR count). The highest BCUT2D eigenvalue weighted by molar-refractivity contribution is 5.75. The molecule has 4 saturated heterocycles. The number of methoxy groups -OCH3 is 1. The number of esters is 1.